The molecule has 0 bridgehead atoms. The normalized spacial score (nSPS) is 20.2. The number of carbonyl (C=O) groups is 2. The zero-order valence-electron chi connectivity index (χ0n) is 10.5. The molecule has 1 atom stereocenters. The van der Waals surface area contributed by atoms with E-state index < -0.39 is 11.9 Å². The van der Waals surface area contributed by atoms with Gasteiger partial charge in [0.1, 0.15) is 11.9 Å². The van der Waals surface area contributed by atoms with Gasteiger partial charge in [0.05, 0.1) is 5.02 Å². The van der Waals surface area contributed by atoms with E-state index in [4.69, 9.17) is 11.6 Å². The fourth-order valence-electron chi connectivity index (χ4n) is 2.03. The molecule has 19 heavy (non-hydrogen) atoms. The Bertz CT molecular complexity index is 521. The third kappa shape index (κ3) is 3.04. The molecule has 1 aliphatic rings. The van der Waals surface area contributed by atoms with Crippen LogP contribution in [0.5, 0.6) is 0 Å². The van der Waals surface area contributed by atoms with Crippen molar-refractivity contribution in [2.45, 2.75) is 25.9 Å². The molecule has 1 aliphatic heterocycles. The largest absolute Gasteiger partial charge is 0.345 e. The summed E-state index contributed by atoms with van der Waals surface area (Å²) in [7, 11) is 0. The average molecular weight is 285 g/mol. The number of hydrogen-bond acceptors (Lipinski definition) is 2. The molecule has 0 radical (unpaired) electrons. The lowest BCUT2D eigenvalue weighted by molar-refractivity contribution is -0.133. The van der Waals surface area contributed by atoms with Crippen LogP contribution in [0, 0.1) is 5.82 Å². The molecule has 1 aromatic rings. The van der Waals surface area contributed by atoms with Crippen molar-refractivity contribution >= 4 is 23.4 Å². The van der Waals surface area contributed by atoms with E-state index in [2.05, 4.69) is 5.32 Å². The van der Waals surface area contributed by atoms with Gasteiger partial charge in [0.15, 0.2) is 0 Å². The number of benzene rings is 1. The molecule has 2 rings (SSSR count). The van der Waals surface area contributed by atoms with Gasteiger partial charge in [-0.1, -0.05) is 23.7 Å². The van der Waals surface area contributed by atoms with Gasteiger partial charge >= 0.3 is 0 Å². The van der Waals surface area contributed by atoms with Gasteiger partial charge in [0, 0.05) is 19.5 Å². The highest BCUT2D eigenvalue weighted by Gasteiger charge is 2.27. The SMILES string of the molecule is CC1NC(=O)CCN(Cc2cccc(F)c2Cl)C1=O. The molecular formula is C13H14ClFN2O2. The van der Waals surface area contributed by atoms with Crippen molar-refractivity contribution in [2.75, 3.05) is 6.54 Å². The molecule has 0 aromatic heterocycles. The lowest BCUT2D eigenvalue weighted by Gasteiger charge is -2.22. The third-order valence-electron chi connectivity index (χ3n) is 3.06. The number of amides is 2. The van der Waals surface area contributed by atoms with Crippen molar-refractivity contribution in [1.82, 2.24) is 10.2 Å². The van der Waals surface area contributed by atoms with Crippen LogP contribution in [0.15, 0.2) is 18.2 Å². The number of rotatable bonds is 2. The van der Waals surface area contributed by atoms with Crippen LogP contribution in [0.1, 0.15) is 18.9 Å². The van der Waals surface area contributed by atoms with Gasteiger partial charge in [-0.2, -0.15) is 0 Å². The standard InChI is InChI=1S/C13H14ClFN2O2/c1-8-13(19)17(6-5-11(18)16-8)7-9-3-2-4-10(15)12(9)14/h2-4,8H,5-7H2,1H3,(H,16,18). The topological polar surface area (TPSA) is 49.4 Å². The van der Waals surface area contributed by atoms with Gasteiger partial charge < -0.3 is 10.2 Å². The maximum Gasteiger partial charge on any atom is 0.245 e. The van der Waals surface area contributed by atoms with E-state index in [0.717, 1.165) is 0 Å². The van der Waals surface area contributed by atoms with E-state index in [1.807, 2.05) is 0 Å². The van der Waals surface area contributed by atoms with Crippen LogP contribution in [0.3, 0.4) is 0 Å². The number of hydrogen-bond donors (Lipinski definition) is 1. The molecule has 1 unspecified atom stereocenters. The zero-order chi connectivity index (χ0) is 14.0. The highest BCUT2D eigenvalue weighted by atomic mass is 35.5. The lowest BCUT2D eigenvalue weighted by Crippen LogP contribution is -2.42. The summed E-state index contributed by atoms with van der Waals surface area (Å²) in [5.41, 5.74) is 0.538. The molecule has 1 N–H and O–H groups in total. The van der Waals surface area contributed by atoms with Crippen LogP contribution in [0.2, 0.25) is 5.02 Å². The van der Waals surface area contributed by atoms with Crippen molar-refractivity contribution in [2.24, 2.45) is 0 Å². The van der Waals surface area contributed by atoms with Gasteiger partial charge in [-0.3, -0.25) is 9.59 Å². The summed E-state index contributed by atoms with van der Waals surface area (Å²) >= 11 is 5.87. The number of nitrogens with zero attached hydrogens (tertiary/aromatic N) is 1. The summed E-state index contributed by atoms with van der Waals surface area (Å²) in [5, 5.41) is 2.62. The first-order valence-corrected chi connectivity index (χ1v) is 6.38. The Morgan fingerprint density at radius 1 is 1.47 bits per heavy atom. The molecule has 6 heteroatoms. The fourth-order valence-corrected chi connectivity index (χ4v) is 2.21. The first kappa shape index (κ1) is 13.8. The molecule has 102 valence electrons. The molecule has 4 nitrogen and oxygen atoms in total. The maximum atomic E-state index is 13.3. The van der Waals surface area contributed by atoms with Gasteiger partial charge in [0.25, 0.3) is 0 Å². The summed E-state index contributed by atoms with van der Waals surface area (Å²) in [6.45, 7) is 2.14. The molecule has 0 saturated carbocycles. The Kier molecular flexibility index (Phi) is 4.04. The molecule has 1 saturated heterocycles. The van der Waals surface area contributed by atoms with E-state index in [9.17, 15) is 14.0 Å². The molecule has 1 heterocycles. The molecule has 0 spiro atoms. The van der Waals surface area contributed by atoms with Crippen LogP contribution in [0.25, 0.3) is 0 Å². The Labute approximate surface area is 115 Å². The Morgan fingerprint density at radius 2 is 2.21 bits per heavy atom. The van der Waals surface area contributed by atoms with Crippen molar-refractivity contribution in [3.05, 3.63) is 34.6 Å². The second-order valence-corrected chi connectivity index (χ2v) is 4.89. The van der Waals surface area contributed by atoms with Crippen LogP contribution < -0.4 is 5.32 Å². The number of nitrogens with one attached hydrogen (secondary N) is 1. The highest BCUT2D eigenvalue weighted by Crippen LogP contribution is 2.22. The molecule has 2 amide bonds. The second-order valence-electron chi connectivity index (χ2n) is 4.51. The summed E-state index contributed by atoms with van der Waals surface area (Å²) < 4.78 is 13.3. The van der Waals surface area contributed by atoms with Crippen LogP contribution >= 0.6 is 11.6 Å². The van der Waals surface area contributed by atoms with Gasteiger partial charge in [0.2, 0.25) is 11.8 Å². The fraction of sp³-hybridized carbons (Fsp3) is 0.385. The highest BCUT2D eigenvalue weighted by molar-refractivity contribution is 6.31. The summed E-state index contributed by atoms with van der Waals surface area (Å²) in [5.74, 6) is -0.858. The molecular weight excluding hydrogens is 271 g/mol. The van der Waals surface area contributed by atoms with Crippen molar-refractivity contribution < 1.29 is 14.0 Å². The smallest absolute Gasteiger partial charge is 0.245 e. The Balaban J connectivity index is 2.19. The van der Waals surface area contributed by atoms with Crippen LogP contribution in [-0.2, 0) is 16.1 Å². The van der Waals surface area contributed by atoms with E-state index in [1.165, 1.54) is 11.0 Å². The third-order valence-corrected chi connectivity index (χ3v) is 3.48. The number of carbonyl (C=O) groups excluding carboxylic acids is 2. The van der Waals surface area contributed by atoms with E-state index >= 15 is 0 Å². The lowest BCUT2D eigenvalue weighted by atomic mass is 10.2. The summed E-state index contributed by atoms with van der Waals surface area (Å²) in [6.07, 6.45) is 0.239. The Morgan fingerprint density at radius 3 is 2.95 bits per heavy atom. The summed E-state index contributed by atoms with van der Waals surface area (Å²) in [6, 6.07) is 3.92. The van der Waals surface area contributed by atoms with E-state index in [-0.39, 0.29) is 29.8 Å². The minimum atomic E-state index is -0.567. The number of halogens is 2. The first-order valence-electron chi connectivity index (χ1n) is 6.00. The predicted molar refractivity (Wildman–Crippen MR) is 69.0 cm³/mol. The quantitative estimate of drug-likeness (QED) is 0.899. The molecule has 1 fully saturated rings. The molecule has 1 aromatic carbocycles. The van der Waals surface area contributed by atoms with Crippen molar-refractivity contribution in [3.63, 3.8) is 0 Å². The zero-order valence-corrected chi connectivity index (χ0v) is 11.2. The van der Waals surface area contributed by atoms with Crippen LogP contribution in [0.4, 0.5) is 4.39 Å². The monoisotopic (exact) mass is 284 g/mol. The first-order chi connectivity index (χ1) is 8.99. The molecule has 0 aliphatic carbocycles. The minimum absolute atomic E-state index is 0.0199. The van der Waals surface area contributed by atoms with Crippen molar-refractivity contribution in [1.29, 1.82) is 0 Å². The van der Waals surface area contributed by atoms with Gasteiger partial charge in [-0.05, 0) is 18.6 Å². The predicted octanol–water partition coefficient (Wildman–Crippen LogP) is 1.72. The van der Waals surface area contributed by atoms with Crippen LogP contribution in [-0.4, -0.2) is 29.3 Å². The minimum Gasteiger partial charge on any atom is -0.345 e. The van der Waals surface area contributed by atoms with Crippen molar-refractivity contribution in [3.8, 4) is 0 Å². The maximum absolute atomic E-state index is 13.3. The second kappa shape index (κ2) is 5.57. The summed E-state index contributed by atoms with van der Waals surface area (Å²) in [4.78, 5) is 25.0. The average Bonchev–Trinajstić information content (AvgIpc) is 2.48. The van der Waals surface area contributed by atoms with E-state index in [1.54, 1.807) is 19.1 Å². The van der Waals surface area contributed by atoms with Gasteiger partial charge in [-0.15, -0.1) is 0 Å². The Hall–Kier alpha value is -1.62. The van der Waals surface area contributed by atoms with E-state index in [0.29, 0.717) is 12.1 Å². The van der Waals surface area contributed by atoms with Gasteiger partial charge in [-0.25, -0.2) is 4.39 Å².